The molecule has 0 aromatic heterocycles. The quantitative estimate of drug-likeness (QED) is 0.545. The highest BCUT2D eigenvalue weighted by Crippen LogP contribution is 2.33. The summed E-state index contributed by atoms with van der Waals surface area (Å²) in [5, 5.41) is 5.19. The molecule has 2 N–H and O–H groups in total. The first-order valence-electron chi connectivity index (χ1n) is 9.14. The second-order valence-electron chi connectivity index (χ2n) is 6.60. The van der Waals surface area contributed by atoms with E-state index in [1.807, 2.05) is 42.5 Å². The number of ether oxygens (including phenoxy) is 1. The number of hydrazine groups is 1. The largest absolute Gasteiger partial charge is 0.484 e. The zero-order valence-corrected chi connectivity index (χ0v) is 18.0. The van der Waals surface area contributed by atoms with Gasteiger partial charge in [-0.1, -0.05) is 57.9 Å². The summed E-state index contributed by atoms with van der Waals surface area (Å²) in [5.74, 6) is -0.273. The van der Waals surface area contributed by atoms with Gasteiger partial charge in [0.05, 0.1) is 5.56 Å². The Hall–Kier alpha value is -3.03. The van der Waals surface area contributed by atoms with Crippen molar-refractivity contribution in [3.8, 4) is 5.75 Å². The topological polar surface area (TPSA) is 70.7 Å². The molecule has 3 aromatic carbocycles. The molecule has 1 atom stereocenters. The Morgan fingerprint density at radius 2 is 1.83 bits per heavy atom. The van der Waals surface area contributed by atoms with Crippen LogP contribution in [0.4, 0.5) is 5.69 Å². The summed E-state index contributed by atoms with van der Waals surface area (Å²) in [6.45, 7) is -0.252. The molecule has 1 unspecified atom stereocenters. The molecule has 0 aliphatic carbocycles. The van der Waals surface area contributed by atoms with Crippen LogP contribution in [0.15, 0.2) is 77.3 Å². The molecule has 1 aliphatic heterocycles. The van der Waals surface area contributed by atoms with Crippen LogP contribution in [0.2, 0.25) is 5.02 Å². The number of anilines is 1. The van der Waals surface area contributed by atoms with Gasteiger partial charge in [0.1, 0.15) is 11.9 Å². The van der Waals surface area contributed by atoms with Gasteiger partial charge in [0.15, 0.2) is 6.61 Å². The number of amides is 2. The number of carbonyl (C=O) groups is 2. The molecular formula is C22H17BrClN3O3. The van der Waals surface area contributed by atoms with Crippen LogP contribution >= 0.6 is 27.5 Å². The van der Waals surface area contributed by atoms with Gasteiger partial charge in [-0.25, -0.2) is 5.01 Å². The number of halogens is 2. The summed E-state index contributed by atoms with van der Waals surface area (Å²) in [6.07, 6.45) is -0.563. The van der Waals surface area contributed by atoms with Crippen molar-refractivity contribution in [2.75, 3.05) is 11.9 Å². The van der Waals surface area contributed by atoms with Gasteiger partial charge >= 0.3 is 0 Å². The van der Waals surface area contributed by atoms with Crippen LogP contribution in [0, 0.1) is 0 Å². The van der Waals surface area contributed by atoms with Gasteiger partial charge in [0, 0.05) is 15.2 Å². The van der Waals surface area contributed by atoms with Crippen LogP contribution in [0.1, 0.15) is 22.1 Å². The van der Waals surface area contributed by atoms with Gasteiger partial charge in [0.2, 0.25) is 0 Å². The van der Waals surface area contributed by atoms with E-state index in [9.17, 15) is 9.59 Å². The van der Waals surface area contributed by atoms with Crippen LogP contribution in [0.5, 0.6) is 5.75 Å². The molecule has 8 heteroatoms. The fourth-order valence-corrected chi connectivity index (χ4v) is 3.59. The third-order valence-corrected chi connectivity index (χ3v) is 5.27. The van der Waals surface area contributed by atoms with Gasteiger partial charge in [0.25, 0.3) is 11.8 Å². The minimum absolute atomic E-state index is 0.252. The lowest BCUT2D eigenvalue weighted by atomic mass is 10.1. The van der Waals surface area contributed by atoms with Crippen LogP contribution < -0.4 is 15.5 Å². The molecule has 0 bridgehead atoms. The second kappa shape index (κ2) is 8.77. The molecule has 6 nitrogen and oxygen atoms in total. The number of carbonyl (C=O) groups excluding carboxylic acids is 2. The lowest BCUT2D eigenvalue weighted by molar-refractivity contribution is -0.127. The Labute approximate surface area is 186 Å². The summed E-state index contributed by atoms with van der Waals surface area (Å²) in [7, 11) is 0. The Kier molecular flexibility index (Phi) is 5.92. The predicted octanol–water partition coefficient (Wildman–Crippen LogP) is 4.78. The molecule has 1 heterocycles. The first-order valence-corrected chi connectivity index (χ1v) is 10.3. The predicted molar refractivity (Wildman–Crippen MR) is 118 cm³/mol. The van der Waals surface area contributed by atoms with E-state index in [1.165, 1.54) is 5.01 Å². The summed E-state index contributed by atoms with van der Waals surface area (Å²) < 4.78 is 6.26. The Bertz CT molecular complexity index is 1080. The van der Waals surface area contributed by atoms with Crippen LogP contribution in [-0.4, -0.2) is 23.4 Å². The highest BCUT2D eigenvalue weighted by Gasteiger charge is 2.34. The summed E-state index contributed by atoms with van der Waals surface area (Å²) in [6, 6.07) is 21.5. The number of nitrogens with one attached hydrogen (secondary N) is 2. The number of nitrogens with zero attached hydrogens (tertiary/aromatic N) is 1. The van der Waals surface area contributed by atoms with E-state index in [-0.39, 0.29) is 12.5 Å². The Balaban J connectivity index is 1.55. The lowest BCUT2D eigenvalue weighted by Gasteiger charge is -2.37. The molecule has 2 amide bonds. The van der Waals surface area contributed by atoms with Gasteiger partial charge in [-0.15, -0.1) is 0 Å². The number of hydrogen-bond donors (Lipinski definition) is 2. The second-order valence-corrected chi connectivity index (χ2v) is 7.95. The standard InChI is InChI=1S/C22H17BrClN3O3/c23-15-6-11-19-18(12-15)22(29)27(21(25-19)14-4-2-1-3-5-14)26-20(28)13-30-17-9-7-16(24)8-10-17/h1-12,21,25H,13H2,(H,26,28). The fraction of sp³-hybridized carbons (Fsp3) is 0.0909. The van der Waals surface area contributed by atoms with Gasteiger partial charge in [-0.2, -0.15) is 0 Å². The average Bonchev–Trinajstić information content (AvgIpc) is 2.76. The van der Waals surface area contributed by atoms with E-state index in [0.717, 1.165) is 10.0 Å². The Morgan fingerprint density at radius 1 is 1.10 bits per heavy atom. The SMILES string of the molecule is O=C(COc1ccc(Cl)cc1)NN1C(=O)c2cc(Br)ccc2NC1c1ccccc1. The first kappa shape index (κ1) is 20.3. The summed E-state index contributed by atoms with van der Waals surface area (Å²) in [5.41, 5.74) is 4.66. The molecule has 0 spiro atoms. The molecular weight excluding hydrogens is 470 g/mol. The monoisotopic (exact) mass is 485 g/mol. The molecule has 0 fully saturated rings. The summed E-state index contributed by atoms with van der Waals surface area (Å²) in [4.78, 5) is 25.8. The van der Waals surface area contributed by atoms with Crippen molar-refractivity contribution in [3.05, 3.63) is 93.4 Å². The van der Waals surface area contributed by atoms with E-state index in [0.29, 0.717) is 22.0 Å². The van der Waals surface area contributed by atoms with E-state index in [4.69, 9.17) is 16.3 Å². The maximum absolute atomic E-state index is 13.2. The maximum atomic E-state index is 13.2. The lowest BCUT2D eigenvalue weighted by Crippen LogP contribution is -2.53. The van der Waals surface area contributed by atoms with Crippen LogP contribution in [0.3, 0.4) is 0 Å². The molecule has 0 saturated heterocycles. The first-order chi connectivity index (χ1) is 14.5. The zero-order valence-electron chi connectivity index (χ0n) is 15.6. The number of hydrogen-bond acceptors (Lipinski definition) is 4. The average molecular weight is 487 g/mol. The minimum Gasteiger partial charge on any atom is -0.484 e. The maximum Gasteiger partial charge on any atom is 0.276 e. The minimum atomic E-state index is -0.563. The molecule has 3 aromatic rings. The summed E-state index contributed by atoms with van der Waals surface area (Å²) >= 11 is 9.25. The molecule has 1 aliphatic rings. The third kappa shape index (κ3) is 4.42. The molecule has 30 heavy (non-hydrogen) atoms. The number of fused-ring (bicyclic) bond motifs is 1. The van der Waals surface area contributed by atoms with Crippen molar-refractivity contribution < 1.29 is 14.3 Å². The van der Waals surface area contributed by atoms with Crippen molar-refractivity contribution in [1.82, 2.24) is 10.4 Å². The van der Waals surface area contributed by atoms with E-state index in [1.54, 1.807) is 30.3 Å². The van der Waals surface area contributed by atoms with Gasteiger partial charge < -0.3 is 10.1 Å². The normalized spacial score (nSPS) is 15.2. The van der Waals surface area contributed by atoms with Crippen molar-refractivity contribution in [3.63, 3.8) is 0 Å². The van der Waals surface area contributed by atoms with Crippen molar-refractivity contribution in [1.29, 1.82) is 0 Å². The third-order valence-electron chi connectivity index (χ3n) is 4.53. The highest BCUT2D eigenvalue weighted by atomic mass is 79.9. The van der Waals surface area contributed by atoms with Crippen LogP contribution in [-0.2, 0) is 4.79 Å². The van der Waals surface area contributed by atoms with E-state index < -0.39 is 12.1 Å². The van der Waals surface area contributed by atoms with E-state index >= 15 is 0 Å². The number of rotatable bonds is 5. The van der Waals surface area contributed by atoms with Gasteiger partial charge in [-0.05, 0) is 48.0 Å². The molecule has 4 rings (SSSR count). The van der Waals surface area contributed by atoms with Crippen molar-refractivity contribution in [2.45, 2.75) is 6.17 Å². The molecule has 0 saturated carbocycles. The number of benzene rings is 3. The van der Waals surface area contributed by atoms with Gasteiger partial charge in [-0.3, -0.25) is 15.0 Å². The van der Waals surface area contributed by atoms with Crippen molar-refractivity contribution >= 4 is 45.0 Å². The smallest absolute Gasteiger partial charge is 0.276 e. The van der Waals surface area contributed by atoms with Crippen molar-refractivity contribution in [2.24, 2.45) is 0 Å². The van der Waals surface area contributed by atoms with Crippen LogP contribution in [0.25, 0.3) is 0 Å². The van der Waals surface area contributed by atoms with E-state index in [2.05, 4.69) is 26.7 Å². The fourth-order valence-electron chi connectivity index (χ4n) is 3.11. The highest BCUT2D eigenvalue weighted by molar-refractivity contribution is 9.10. The zero-order chi connectivity index (χ0) is 21.1. The molecule has 152 valence electrons. The Morgan fingerprint density at radius 3 is 2.57 bits per heavy atom. The molecule has 0 radical (unpaired) electrons.